The maximum atomic E-state index is 5.51. The van der Waals surface area contributed by atoms with Crippen LogP contribution in [0.5, 0.6) is 11.5 Å². The van der Waals surface area contributed by atoms with Gasteiger partial charge in [0.15, 0.2) is 17.1 Å². The molecule has 0 bridgehead atoms. The van der Waals surface area contributed by atoms with E-state index in [0.29, 0.717) is 12.0 Å². The first kappa shape index (κ1) is 18.4. The van der Waals surface area contributed by atoms with Gasteiger partial charge in [0.2, 0.25) is 12.7 Å². The quantitative estimate of drug-likeness (QED) is 0.617. The van der Waals surface area contributed by atoms with Gasteiger partial charge in [-0.15, -0.1) is 8.07 Å². The summed E-state index contributed by atoms with van der Waals surface area (Å²) in [5.74, 6) is 2.10. The minimum absolute atomic E-state index is 0.264. The molecule has 1 saturated heterocycles. The lowest BCUT2D eigenvalue weighted by atomic mass is 10.1. The van der Waals surface area contributed by atoms with Crippen LogP contribution in [0, 0.1) is 13.8 Å². The average molecular weight is 410 g/mol. The summed E-state index contributed by atoms with van der Waals surface area (Å²) >= 11 is 0. The van der Waals surface area contributed by atoms with Gasteiger partial charge in [-0.1, -0.05) is 12.8 Å². The summed E-state index contributed by atoms with van der Waals surface area (Å²) in [5.41, 5.74) is 3.89. The van der Waals surface area contributed by atoms with Crippen LogP contribution in [-0.2, 0) is 0 Å². The first-order valence-electron chi connectivity index (χ1n) is 10.3. The van der Waals surface area contributed by atoms with E-state index in [2.05, 4.69) is 28.1 Å². The van der Waals surface area contributed by atoms with E-state index >= 15 is 0 Å². The molecule has 0 radical (unpaired) electrons. The largest absolute Gasteiger partial charge is 0.454 e. The molecule has 5 rings (SSSR count). The van der Waals surface area contributed by atoms with E-state index in [1.807, 2.05) is 32.2 Å². The molecule has 2 aliphatic heterocycles. The number of benzene rings is 1. The standard InChI is InChI=1S/C21H27N5O2Si/c1-13-9-18-19(28-12-27-18)10-17(13)23-21-22-11-16-14(2)25-26(20(16)24-21)15-5-7-29(3,4)8-6-15/h9-11,15H,5-8,12H2,1-4H3,(H,22,23,24)/q-1. The number of aromatic nitrogens is 4. The second kappa shape index (κ2) is 6.72. The third kappa shape index (κ3) is 3.35. The fraction of sp³-hybridized carbons (Fsp3) is 0.476. The SMILES string of the molecule is Cc1cc2c(cc1Nc1ncc3c(C)nn(C4CC[Si-](C)(C)CC4)c3n1)OCO2. The molecule has 8 heteroatoms. The minimum atomic E-state index is -1.01. The predicted molar refractivity (Wildman–Crippen MR) is 116 cm³/mol. The van der Waals surface area contributed by atoms with Gasteiger partial charge in [-0.3, -0.25) is 0 Å². The van der Waals surface area contributed by atoms with Crippen LogP contribution in [0.15, 0.2) is 18.3 Å². The summed E-state index contributed by atoms with van der Waals surface area (Å²) in [6.45, 7) is 9.32. The highest BCUT2D eigenvalue weighted by atomic mass is 28.3. The van der Waals surface area contributed by atoms with E-state index in [4.69, 9.17) is 19.6 Å². The second-order valence-corrected chi connectivity index (χ2v) is 14.3. The van der Waals surface area contributed by atoms with Crippen LogP contribution in [0.4, 0.5) is 11.6 Å². The normalized spacial score (nSPS) is 18.3. The van der Waals surface area contributed by atoms with Crippen molar-refractivity contribution in [1.29, 1.82) is 0 Å². The van der Waals surface area contributed by atoms with Crippen LogP contribution in [-0.4, -0.2) is 34.6 Å². The second-order valence-electron chi connectivity index (χ2n) is 9.00. The van der Waals surface area contributed by atoms with E-state index < -0.39 is 8.07 Å². The molecular weight excluding hydrogens is 382 g/mol. The van der Waals surface area contributed by atoms with Crippen LogP contribution in [0.1, 0.15) is 30.1 Å². The number of anilines is 2. The molecule has 1 N–H and O–H groups in total. The Morgan fingerprint density at radius 2 is 1.83 bits per heavy atom. The molecule has 29 heavy (non-hydrogen) atoms. The molecule has 0 unspecified atom stereocenters. The fourth-order valence-electron chi connectivity index (χ4n) is 4.31. The molecule has 7 nitrogen and oxygen atoms in total. The summed E-state index contributed by atoms with van der Waals surface area (Å²) in [4.78, 5) is 9.39. The smallest absolute Gasteiger partial charge is 0.231 e. The Hall–Kier alpha value is -2.61. The van der Waals surface area contributed by atoms with E-state index in [9.17, 15) is 0 Å². The van der Waals surface area contributed by atoms with Gasteiger partial charge in [0.1, 0.15) is 0 Å². The lowest BCUT2D eigenvalue weighted by Gasteiger charge is -2.41. The minimum Gasteiger partial charge on any atom is -0.454 e. The zero-order valence-electron chi connectivity index (χ0n) is 17.5. The average Bonchev–Trinajstić information content (AvgIpc) is 3.26. The number of hydrogen-bond donors (Lipinski definition) is 1. The number of aryl methyl sites for hydroxylation is 2. The molecule has 0 aliphatic carbocycles. The topological polar surface area (TPSA) is 74.1 Å². The summed E-state index contributed by atoms with van der Waals surface area (Å²) in [7, 11) is -1.01. The van der Waals surface area contributed by atoms with E-state index in [-0.39, 0.29) is 6.79 Å². The van der Waals surface area contributed by atoms with Gasteiger partial charge in [-0.2, -0.15) is 35.3 Å². The Kier molecular flexibility index (Phi) is 4.27. The summed E-state index contributed by atoms with van der Waals surface area (Å²) < 4.78 is 13.1. The van der Waals surface area contributed by atoms with Gasteiger partial charge < -0.3 is 14.8 Å². The Labute approximate surface area is 171 Å². The molecule has 0 saturated carbocycles. The van der Waals surface area contributed by atoms with Crippen molar-refractivity contribution in [2.45, 2.75) is 57.9 Å². The van der Waals surface area contributed by atoms with E-state index in [0.717, 1.165) is 39.5 Å². The predicted octanol–water partition coefficient (Wildman–Crippen LogP) is 4.96. The first-order valence-corrected chi connectivity index (χ1v) is 13.7. The molecule has 2 aromatic heterocycles. The Morgan fingerprint density at radius 3 is 2.59 bits per heavy atom. The summed E-state index contributed by atoms with van der Waals surface area (Å²) in [6, 6.07) is 7.06. The lowest BCUT2D eigenvalue weighted by Crippen LogP contribution is -2.32. The first-order chi connectivity index (χ1) is 13.9. The maximum Gasteiger partial charge on any atom is 0.231 e. The van der Waals surface area contributed by atoms with Gasteiger partial charge in [0, 0.05) is 24.0 Å². The van der Waals surface area contributed by atoms with Gasteiger partial charge in [0.05, 0.1) is 11.1 Å². The van der Waals surface area contributed by atoms with Crippen molar-refractivity contribution in [3.05, 3.63) is 29.6 Å². The molecule has 0 atom stereocenters. The van der Waals surface area contributed by atoms with Crippen LogP contribution >= 0.6 is 0 Å². The molecular formula is C21H27N5O2Si-. The zero-order chi connectivity index (χ0) is 20.2. The van der Waals surface area contributed by atoms with Crippen molar-refractivity contribution in [2.75, 3.05) is 12.1 Å². The highest BCUT2D eigenvalue weighted by Gasteiger charge is 2.24. The van der Waals surface area contributed by atoms with Crippen LogP contribution < -0.4 is 14.8 Å². The molecule has 4 heterocycles. The van der Waals surface area contributed by atoms with Crippen LogP contribution in [0.3, 0.4) is 0 Å². The van der Waals surface area contributed by atoms with Crippen LogP contribution in [0.25, 0.3) is 11.0 Å². The van der Waals surface area contributed by atoms with Crippen molar-refractivity contribution < 1.29 is 9.47 Å². The fourth-order valence-corrected chi connectivity index (χ4v) is 6.79. The van der Waals surface area contributed by atoms with Crippen molar-refractivity contribution >= 4 is 30.7 Å². The third-order valence-electron chi connectivity index (χ3n) is 6.25. The Bertz CT molecular complexity index is 1080. The number of rotatable bonds is 3. The molecule has 2 aliphatic rings. The maximum absolute atomic E-state index is 5.51. The van der Waals surface area contributed by atoms with Gasteiger partial charge >= 0.3 is 0 Å². The number of nitrogens with zero attached hydrogens (tertiary/aromatic N) is 4. The summed E-state index contributed by atoms with van der Waals surface area (Å²) in [5, 5.41) is 9.22. The Balaban J connectivity index is 1.47. The molecule has 0 amide bonds. The van der Waals surface area contributed by atoms with Gasteiger partial charge in [-0.25, -0.2) is 9.67 Å². The molecule has 1 aromatic carbocycles. The highest BCUT2D eigenvalue weighted by molar-refractivity contribution is 6.77. The van der Waals surface area contributed by atoms with Gasteiger partial charge in [0.25, 0.3) is 0 Å². The highest BCUT2D eigenvalue weighted by Crippen LogP contribution is 2.38. The zero-order valence-corrected chi connectivity index (χ0v) is 18.5. The monoisotopic (exact) mass is 409 g/mol. The van der Waals surface area contributed by atoms with Crippen molar-refractivity contribution in [2.24, 2.45) is 0 Å². The number of nitrogens with one attached hydrogen (secondary N) is 1. The number of ether oxygens (including phenoxy) is 2. The number of fused-ring (bicyclic) bond motifs is 2. The van der Waals surface area contributed by atoms with Crippen molar-refractivity contribution in [3.8, 4) is 11.5 Å². The Morgan fingerprint density at radius 1 is 1.10 bits per heavy atom. The van der Waals surface area contributed by atoms with E-state index in [1.165, 1.54) is 24.9 Å². The van der Waals surface area contributed by atoms with Crippen molar-refractivity contribution in [1.82, 2.24) is 19.7 Å². The molecule has 3 aromatic rings. The van der Waals surface area contributed by atoms with Crippen LogP contribution in [0.2, 0.25) is 25.2 Å². The van der Waals surface area contributed by atoms with Gasteiger partial charge in [-0.05, 0) is 25.5 Å². The van der Waals surface area contributed by atoms with E-state index in [1.54, 1.807) is 0 Å². The molecule has 0 spiro atoms. The summed E-state index contributed by atoms with van der Waals surface area (Å²) in [6.07, 6.45) is 4.28. The molecule has 1 fully saturated rings. The number of hydrogen-bond acceptors (Lipinski definition) is 6. The molecule has 153 valence electrons. The third-order valence-corrected chi connectivity index (χ3v) is 9.54. The van der Waals surface area contributed by atoms with Crippen molar-refractivity contribution in [3.63, 3.8) is 0 Å². The lowest BCUT2D eigenvalue weighted by molar-refractivity contribution is 0.174.